The summed E-state index contributed by atoms with van der Waals surface area (Å²) in [4.78, 5) is 24.2. The first-order valence-corrected chi connectivity index (χ1v) is 13.9. The van der Waals surface area contributed by atoms with Crippen molar-refractivity contribution in [2.45, 2.75) is 82.6 Å². The number of rotatable bonds is 11. The standard InChI is InChI=1S/C29H38F2N4O2/c1-2-37-28(36)26(24-9-6-16-32-25(24)20-10-11-20)35-18-14-22(19-35)29(30,31)15-4-3-8-23-13-12-21-7-5-17-33-27(21)34-23/h6,9,12-13,16,20,22,26H,2-5,7-8,10-11,14-15,17-19H2,1H3,(H,33,34)/t22-,26?/m1/s1. The summed E-state index contributed by atoms with van der Waals surface area (Å²) in [5.74, 6) is -2.60. The molecule has 2 aliphatic heterocycles. The zero-order valence-electron chi connectivity index (χ0n) is 21.7. The molecule has 2 atom stereocenters. The maximum absolute atomic E-state index is 15.3. The van der Waals surface area contributed by atoms with E-state index in [1.54, 1.807) is 13.1 Å². The molecule has 1 unspecified atom stereocenters. The second kappa shape index (κ2) is 11.4. The molecule has 4 heterocycles. The predicted molar refractivity (Wildman–Crippen MR) is 139 cm³/mol. The van der Waals surface area contributed by atoms with E-state index in [4.69, 9.17) is 4.74 Å². The van der Waals surface area contributed by atoms with Gasteiger partial charge in [-0.2, -0.15) is 0 Å². The number of unbranched alkanes of at least 4 members (excludes halogenated alkanes) is 1. The molecule has 0 spiro atoms. The van der Waals surface area contributed by atoms with Gasteiger partial charge in [-0.25, -0.2) is 18.6 Å². The minimum Gasteiger partial charge on any atom is -0.465 e. The number of esters is 1. The van der Waals surface area contributed by atoms with Crippen LogP contribution in [0, 0.1) is 5.92 Å². The predicted octanol–water partition coefficient (Wildman–Crippen LogP) is 5.69. The zero-order valence-corrected chi connectivity index (χ0v) is 21.7. The number of ether oxygens (including phenoxy) is 1. The molecule has 2 aromatic rings. The fraction of sp³-hybridized carbons (Fsp3) is 0.621. The van der Waals surface area contributed by atoms with Crippen LogP contribution in [-0.4, -0.2) is 53.0 Å². The lowest BCUT2D eigenvalue weighted by atomic mass is 9.95. The van der Waals surface area contributed by atoms with Crippen molar-refractivity contribution in [1.82, 2.24) is 14.9 Å². The number of aromatic nitrogens is 2. The van der Waals surface area contributed by atoms with Crippen LogP contribution in [0.4, 0.5) is 14.6 Å². The number of aryl methyl sites for hydroxylation is 2. The maximum atomic E-state index is 15.3. The number of likely N-dealkylation sites (tertiary alicyclic amines) is 1. The summed E-state index contributed by atoms with van der Waals surface area (Å²) in [6.45, 7) is 3.62. The molecule has 0 bridgehead atoms. The van der Waals surface area contributed by atoms with Gasteiger partial charge >= 0.3 is 5.97 Å². The van der Waals surface area contributed by atoms with Crippen molar-refractivity contribution in [2.24, 2.45) is 5.92 Å². The van der Waals surface area contributed by atoms with E-state index in [-0.39, 0.29) is 25.5 Å². The number of carbonyl (C=O) groups excluding carboxylic acids is 1. The summed E-state index contributed by atoms with van der Waals surface area (Å²) >= 11 is 0. The van der Waals surface area contributed by atoms with Crippen molar-refractivity contribution >= 4 is 11.8 Å². The Kier molecular flexibility index (Phi) is 8.03. The van der Waals surface area contributed by atoms with E-state index in [9.17, 15) is 4.79 Å². The maximum Gasteiger partial charge on any atom is 0.328 e. The van der Waals surface area contributed by atoms with Gasteiger partial charge in [0.2, 0.25) is 0 Å². The first-order valence-electron chi connectivity index (χ1n) is 13.9. The molecule has 6 nitrogen and oxygen atoms in total. The summed E-state index contributed by atoms with van der Waals surface area (Å²) in [6.07, 6.45) is 8.09. The van der Waals surface area contributed by atoms with Crippen LogP contribution in [0.15, 0.2) is 30.5 Å². The van der Waals surface area contributed by atoms with Gasteiger partial charge in [-0.3, -0.25) is 9.88 Å². The smallest absolute Gasteiger partial charge is 0.328 e. The van der Waals surface area contributed by atoms with Gasteiger partial charge in [0.25, 0.3) is 5.92 Å². The van der Waals surface area contributed by atoms with Crippen LogP contribution < -0.4 is 5.32 Å². The highest BCUT2D eigenvalue weighted by Crippen LogP contribution is 2.45. The third kappa shape index (κ3) is 6.11. The van der Waals surface area contributed by atoms with E-state index < -0.39 is 17.9 Å². The van der Waals surface area contributed by atoms with Gasteiger partial charge in [0.1, 0.15) is 11.9 Å². The first kappa shape index (κ1) is 26.0. The number of hydrogen-bond donors (Lipinski definition) is 1. The molecule has 0 radical (unpaired) electrons. The summed E-state index contributed by atoms with van der Waals surface area (Å²) in [6, 6.07) is 7.21. The molecule has 3 aliphatic rings. The van der Waals surface area contributed by atoms with Crippen LogP contribution in [0.1, 0.15) is 86.3 Å². The van der Waals surface area contributed by atoms with E-state index in [1.807, 2.05) is 23.1 Å². The molecule has 8 heteroatoms. The van der Waals surface area contributed by atoms with Gasteiger partial charge in [-0.05, 0) is 82.5 Å². The number of anilines is 1. The third-order valence-corrected chi connectivity index (χ3v) is 7.97. The summed E-state index contributed by atoms with van der Waals surface area (Å²) in [5, 5.41) is 3.34. The summed E-state index contributed by atoms with van der Waals surface area (Å²) in [7, 11) is 0. The molecule has 200 valence electrons. The van der Waals surface area contributed by atoms with E-state index in [1.165, 1.54) is 5.56 Å². The molecule has 1 N–H and O–H groups in total. The molecule has 2 aromatic heterocycles. The first-order chi connectivity index (χ1) is 18.0. The quantitative estimate of drug-likeness (QED) is 0.308. The lowest BCUT2D eigenvalue weighted by molar-refractivity contribution is -0.150. The number of nitrogens with zero attached hydrogens (tertiary/aromatic N) is 3. The SMILES string of the molecule is CCOC(=O)C(c1cccnc1C1CC1)N1CC[C@@H](C(F)(F)CCCCc2ccc3c(n2)NCCC3)C1. The average Bonchev–Trinajstić information content (AvgIpc) is 3.63. The van der Waals surface area contributed by atoms with Gasteiger partial charge in [-0.1, -0.05) is 12.1 Å². The minimum absolute atomic E-state index is 0.140. The van der Waals surface area contributed by atoms with E-state index in [0.717, 1.165) is 55.0 Å². The molecule has 1 aliphatic carbocycles. The fourth-order valence-electron chi connectivity index (χ4n) is 5.80. The fourth-order valence-corrected chi connectivity index (χ4v) is 5.80. The molecule has 37 heavy (non-hydrogen) atoms. The van der Waals surface area contributed by atoms with Crippen LogP contribution in [0.3, 0.4) is 0 Å². The lowest BCUT2D eigenvalue weighted by Gasteiger charge is -2.29. The van der Waals surface area contributed by atoms with Gasteiger partial charge in [0.15, 0.2) is 0 Å². The van der Waals surface area contributed by atoms with Gasteiger partial charge in [-0.15, -0.1) is 0 Å². The van der Waals surface area contributed by atoms with Crippen LogP contribution in [0.2, 0.25) is 0 Å². The van der Waals surface area contributed by atoms with E-state index in [2.05, 4.69) is 21.4 Å². The molecule has 2 fully saturated rings. The second-order valence-corrected chi connectivity index (χ2v) is 10.7. The molecule has 0 amide bonds. The zero-order chi connectivity index (χ0) is 25.8. The minimum atomic E-state index is -2.77. The number of nitrogens with one attached hydrogen (secondary N) is 1. The molecule has 1 saturated carbocycles. The Bertz CT molecular complexity index is 1090. The van der Waals surface area contributed by atoms with Crippen LogP contribution in [0.5, 0.6) is 0 Å². The van der Waals surface area contributed by atoms with Crippen LogP contribution in [0.25, 0.3) is 0 Å². The largest absolute Gasteiger partial charge is 0.465 e. The van der Waals surface area contributed by atoms with Crippen molar-refractivity contribution in [3.63, 3.8) is 0 Å². The third-order valence-electron chi connectivity index (χ3n) is 7.97. The van der Waals surface area contributed by atoms with Crippen molar-refractivity contribution in [2.75, 3.05) is 31.6 Å². The van der Waals surface area contributed by atoms with E-state index >= 15 is 8.78 Å². The van der Waals surface area contributed by atoms with Crippen molar-refractivity contribution in [3.05, 3.63) is 53.0 Å². The molecular weight excluding hydrogens is 474 g/mol. The molecular formula is C29H38F2N4O2. The van der Waals surface area contributed by atoms with Crippen LogP contribution >= 0.6 is 0 Å². The Morgan fingerprint density at radius 3 is 2.92 bits per heavy atom. The summed E-state index contributed by atoms with van der Waals surface area (Å²) < 4.78 is 36.0. The van der Waals surface area contributed by atoms with Gasteiger partial charge in [0, 0.05) is 54.5 Å². The topological polar surface area (TPSA) is 67.3 Å². The lowest BCUT2D eigenvalue weighted by Crippen LogP contribution is -2.37. The summed E-state index contributed by atoms with van der Waals surface area (Å²) in [5.41, 5.74) is 3.94. The Hall–Kier alpha value is -2.61. The van der Waals surface area contributed by atoms with Gasteiger partial charge in [0.05, 0.1) is 6.61 Å². The Balaban J connectivity index is 1.18. The number of halogens is 2. The molecule has 1 saturated heterocycles. The Labute approximate surface area is 218 Å². The van der Waals surface area contributed by atoms with Crippen LogP contribution in [-0.2, 0) is 22.4 Å². The highest BCUT2D eigenvalue weighted by molar-refractivity contribution is 5.78. The molecule has 0 aromatic carbocycles. The van der Waals surface area contributed by atoms with Crippen molar-refractivity contribution < 1.29 is 18.3 Å². The number of alkyl halides is 2. The number of fused-ring (bicyclic) bond motifs is 1. The van der Waals surface area contributed by atoms with Crippen molar-refractivity contribution in [3.8, 4) is 0 Å². The number of hydrogen-bond acceptors (Lipinski definition) is 6. The van der Waals surface area contributed by atoms with Gasteiger partial charge < -0.3 is 10.1 Å². The highest BCUT2D eigenvalue weighted by Gasteiger charge is 2.46. The van der Waals surface area contributed by atoms with E-state index in [0.29, 0.717) is 38.1 Å². The molecule has 5 rings (SSSR count). The Morgan fingerprint density at radius 1 is 1.24 bits per heavy atom. The highest BCUT2D eigenvalue weighted by atomic mass is 19.3. The second-order valence-electron chi connectivity index (χ2n) is 10.7. The average molecular weight is 513 g/mol. The number of carbonyl (C=O) groups is 1. The van der Waals surface area contributed by atoms with Crippen molar-refractivity contribution in [1.29, 1.82) is 0 Å². The monoisotopic (exact) mass is 512 g/mol. The Morgan fingerprint density at radius 2 is 2.11 bits per heavy atom. The number of pyridine rings is 2. The normalized spacial score (nSPS) is 20.8.